The third-order valence-electron chi connectivity index (χ3n) is 6.04. The average molecular weight is 553 g/mol. The zero-order valence-corrected chi connectivity index (χ0v) is 22.2. The van der Waals surface area contributed by atoms with Crippen molar-refractivity contribution in [3.63, 3.8) is 0 Å². The van der Waals surface area contributed by atoms with Crippen LogP contribution in [-0.4, -0.2) is 52.9 Å². The third-order valence-corrected chi connectivity index (χ3v) is 6.04. The first kappa shape index (κ1) is 26.1. The lowest BCUT2D eigenvalue weighted by molar-refractivity contribution is 0.353. The molecule has 2 aromatic rings. The molecule has 0 unspecified atom stereocenters. The molecule has 0 radical (unpaired) electrons. The number of ether oxygens (including phenoxy) is 2. The van der Waals surface area contributed by atoms with E-state index in [1.54, 1.807) is 14.2 Å². The minimum absolute atomic E-state index is 0. The van der Waals surface area contributed by atoms with Crippen molar-refractivity contribution in [2.45, 2.75) is 38.1 Å². The van der Waals surface area contributed by atoms with Crippen molar-refractivity contribution in [1.82, 2.24) is 10.6 Å². The van der Waals surface area contributed by atoms with Crippen LogP contribution in [0.5, 0.6) is 11.5 Å². The highest BCUT2D eigenvalue weighted by Gasteiger charge is 2.24. The fourth-order valence-electron chi connectivity index (χ4n) is 3.97. The smallest absolute Gasteiger partial charge is 0.191 e. The molecule has 1 aliphatic rings. The molecule has 1 fully saturated rings. The number of guanidine groups is 1. The van der Waals surface area contributed by atoms with E-state index in [0.717, 1.165) is 49.9 Å². The Morgan fingerprint density at radius 1 is 1.03 bits per heavy atom. The van der Waals surface area contributed by atoms with Crippen LogP contribution in [0.15, 0.2) is 53.5 Å². The predicted octanol–water partition coefficient (Wildman–Crippen LogP) is 4.43. The van der Waals surface area contributed by atoms with Gasteiger partial charge in [-0.05, 0) is 42.7 Å². The van der Waals surface area contributed by atoms with Crippen LogP contribution >= 0.6 is 24.0 Å². The summed E-state index contributed by atoms with van der Waals surface area (Å²) in [7, 11) is 5.16. The van der Waals surface area contributed by atoms with Gasteiger partial charge in [0.15, 0.2) is 17.5 Å². The van der Waals surface area contributed by atoms with Gasteiger partial charge in [0.25, 0.3) is 0 Å². The molecule has 0 spiro atoms. The molecule has 0 saturated carbocycles. The molecular formula is C25H37IN4O2. The van der Waals surface area contributed by atoms with Gasteiger partial charge in [-0.25, -0.2) is 0 Å². The van der Waals surface area contributed by atoms with E-state index >= 15 is 0 Å². The summed E-state index contributed by atoms with van der Waals surface area (Å²) in [6, 6.07) is 17.2. The quantitative estimate of drug-likeness (QED) is 0.303. The second-order valence-electron chi connectivity index (χ2n) is 8.62. The molecule has 32 heavy (non-hydrogen) atoms. The van der Waals surface area contributed by atoms with Gasteiger partial charge in [0.2, 0.25) is 0 Å². The number of methoxy groups -OCH3 is 2. The van der Waals surface area contributed by atoms with E-state index in [1.165, 1.54) is 11.3 Å². The summed E-state index contributed by atoms with van der Waals surface area (Å²) in [5, 5.41) is 7.13. The van der Waals surface area contributed by atoms with Crippen molar-refractivity contribution in [3.05, 3.63) is 54.1 Å². The zero-order chi connectivity index (χ0) is 22.3. The Morgan fingerprint density at radius 3 is 2.28 bits per heavy atom. The largest absolute Gasteiger partial charge is 0.493 e. The summed E-state index contributed by atoms with van der Waals surface area (Å²) in [4.78, 5) is 6.91. The number of nitrogens with zero attached hydrogens (tertiary/aromatic N) is 2. The van der Waals surface area contributed by atoms with Crippen molar-refractivity contribution in [3.8, 4) is 11.5 Å². The Hall–Kier alpha value is -2.16. The van der Waals surface area contributed by atoms with Gasteiger partial charge in [-0.15, -0.1) is 24.0 Å². The number of piperidine rings is 1. The Balaban J connectivity index is 0.00000363. The molecule has 1 aliphatic heterocycles. The van der Waals surface area contributed by atoms with Gasteiger partial charge >= 0.3 is 0 Å². The van der Waals surface area contributed by atoms with Crippen LogP contribution < -0.4 is 25.0 Å². The van der Waals surface area contributed by atoms with Crippen molar-refractivity contribution in [2.24, 2.45) is 4.99 Å². The number of hydrogen-bond donors (Lipinski definition) is 2. The highest BCUT2D eigenvalue weighted by Crippen LogP contribution is 2.32. The number of halogens is 1. The number of anilines is 1. The van der Waals surface area contributed by atoms with Gasteiger partial charge in [0, 0.05) is 43.8 Å². The van der Waals surface area contributed by atoms with E-state index in [1.807, 2.05) is 13.1 Å². The molecule has 0 amide bonds. The topological polar surface area (TPSA) is 58.1 Å². The van der Waals surface area contributed by atoms with Gasteiger partial charge in [0.05, 0.1) is 14.2 Å². The summed E-state index contributed by atoms with van der Waals surface area (Å²) >= 11 is 0. The van der Waals surface area contributed by atoms with Gasteiger partial charge < -0.3 is 25.0 Å². The lowest BCUT2D eigenvalue weighted by Gasteiger charge is -2.35. The van der Waals surface area contributed by atoms with Crippen molar-refractivity contribution < 1.29 is 9.47 Å². The van der Waals surface area contributed by atoms with E-state index in [9.17, 15) is 0 Å². The van der Waals surface area contributed by atoms with E-state index in [2.05, 4.69) is 76.8 Å². The molecular weight excluding hydrogens is 515 g/mol. The van der Waals surface area contributed by atoms with Crippen LogP contribution in [0.25, 0.3) is 0 Å². The minimum atomic E-state index is -0.103. The van der Waals surface area contributed by atoms with E-state index < -0.39 is 0 Å². The number of rotatable bonds is 7. The first-order chi connectivity index (χ1) is 15.0. The predicted molar refractivity (Wildman–Crippen MR) is 144 cm³/mol. The minimum Gasteiger partial charge on any atom is -0.493 e. The van der Waals surface area contributed by atoms with Gasteiger partial charge in [-0.2, -0.15) is 0 Å². The third kappa shape index (κ3) is 6.67. The van der Waals surface area contributed by atoms with Crippen LogP contribution in [-0.2, 0) is 5.41 Å². The van der Waals surface area contributed by atoms with E-state index in [4.69, 9.17) is 9.47 Å². The summed E-state index contributed by atoms with van der Waals surface area (Å²) < 4.78 is 10.8. The normalized spacial score (nSPS) is 15.0. The zero-order valence-electron chi connectivity index (χ0n) is 19.9. The first-order valence-electron chi connectivity index (χ1n) is 11.0. The molecule has 0 bridgehead atoms. The molecule has 2 aromatic carbocycles. The summed E-state index contributed by atoms with van der Waals surface area (Å²) in [5.41, 5.74) is 2.39. The van der Waals surface area contributed by atoms with Gasteiger partial charge in [0.1, 0.15) is 0 Å². The number of nitrogens with one attached hydrogen (secondary N) is 2. The average Bonchev–Trinajstić information content (AvgIpc) is 2.82. The maximum atomic E-state index is 5.47. The molecule has 6 nitrogen and oxygen atoms in total. The fraction of sp³-hybridized carbons (Fsp3) is 0.480. The highest BCUT2D eigenvalue weighted by molar-refractivity contribution is 14.0. The van der Waals surface area contributed by atoms with Gasteiger partial charge in [-0.1, -0.05) is 38.1 Å². The maximum absolute atomic E-state index is 5.47. The number of para-hydroxylation sites is 1. The van der Waals surface area contributed by atoms with Crippen LogP contribution in [0.2, 0.25) is 0 Å². The summed E-state index contributed by atoms with van der Waals surface area (Å²) in [6.45, 7) is 7.29. The molecule has 0 aromatic heterocycles. The maximum Gasteiger partial charge on any atom is 0.191 e. The Kier molecular flexibility index (Phi) is 9.93. The second kappa shape index (κ2) is 12.2. The number of aliphatic imine (C=N–C) groups is 1. The fourth-order valence-corrected chi connectivity index (χ4v) is 3.97. The van der Waals surface area contributed by atoms with Crippen molar-refractivity contribution in [2.75, 3.05) is 45.8 Å². The van der Waals surface area contributed by atoms with Crippen LogP contribution in [0.4, 0.5) is 5.69 Å². The monoisotopic (exact) mass is 552 g/mol. The lowest BCUT2D eigenvalue weighted by Crippen LogP contribution is -2.50. The van der Waals surface area contributed by atoms with Crippen LogP contribution in [0, 0.1) is 0 Å². The number of benzene rings is 2. The van der Waals surface area contributed by atoms with Crippen LogP contribution in [0.3, 0.4) is 0 Å². The molecule has 1 saturated heterocycles. The first-order valence-corrected chi connectivity index (χ1v) is 11.0. The van der Waals surface area contributed by atoms with Crippen molar-refractivity contribution >= 4 is 35.6 Å². The molecule has 3 rings (SSSR count). The molecule has 0 aliphatic carbocycles. The van der Waals surface area contributed by atoms with E-state index in [-0.39, 0.29) is 29.4 Å². The molecule has 7 heteroatoms. The SMILES string of the molecule is CN=C(NCC(C)(C)c1ccc(OC)c(OC)c1)NC1CCN(c2ccccc2)CC1.I. The van der Waals surface area contributed by atoms with Crippen molar-refractivity contribution in [1.29, 1.82) is 0 Å². The Labute approximate surface area is 209 Å². The van der Waals surface area contributed by atoms with Crippen LogP contribution in [0.1, 0.15) is 32.3 Å². The molecule has 2 N–H and O–H groups in total. The molecule has 0 atom stereocenters. The molecule has 176 valence electrons. The van der Waals surface area contributed by atoms with E-state index in [0.29, 0.717) is 6.04 Å². The lowest BCUT2D eigenvalue weighted by atomic mass is 9.84. The second-order valence-corrected chi connectivity index (χ2v) is 8.62. The summed E-state index contributed by atoms with van der Waals surface area (Å²) in [5.74, 6) is 2.35. The van der Waals surface area contributed by atoms with Gasteiger partial charge in [-0.3, -0.25) is 4.99 Å². The Bertz CT molecular complexity index is 866. The highest BCUT2D eigenvalue weighted by atomic mass is 127. The summed E-state index contributed by atoms with van der Waals surface area (Å²) in [6.07, 6.45) is 2.18. The molecule has 1 heterocycles. The number of hydrogen-bond acceptors (Lipinski definition) is 4. The Morgan fingerprint density at radius 2 is 1.69 bits per heavy atom. The standard InChI is InChI=1S/C25H36N4O2.HI/c1-25(2,19-11-12-22(30-4)23(17-19)31-5)18-27-24(26-3)28-20-13-15-29(16-14-20)21-9-7-6-8-10-21;/h6-12,17,20H,13-16,18H2,1-5H3,(H2,26,27,28);1H.